The quantitative estimate of drug-likeness (QED) is 0.332. The number of carbonyl (C=O) groups excluding carboxylic acids is 1. The number of hydrogen-bond acceptors (Lipinski definition) is 5. The highest BCUT2D eigenvalue weighted by atomic mass is 79.9. The molecule has 0 atom stereocenters. The number of hydrogen-bond donors (Lipinski definition) is 0. The van der Waals surface area contributed by atoms with Gasteiger partial charge in [-0.2, -0.15) is 0 Å². The molecular weight excluding hydrogens is 318 g/mol. The summed E-state index contributed by atoms with van der Waals surface area (Å²) in [6.07, 6.45) is 0.685. The molecule has 1 aromatic carbocycles. The lowest BCUT2D eigenvalue weighted by Crippen LogP contribution is -2.07. The topological polar surface area (TPSA) is 78.7 Å². The van der Waals surface area contributed by atoms with Gasteiger partial charge in [-0.15, -0.1) is 0 Å². The molecule has 19 heavy (non-hydrogen) atoms. The van der Waals surface area contributed by atoms with Crippen LogP contribution in [0.5, 0.6) is 5.75 Å². The Morgan fingerprint density at radius 1 is 1.47 bits per heavy atom. The fraction of sp³-hybridized carbons (Fsp3) is 0.417. The molecule has 0 heterocycles. The Balaban J connectivity index is 2.49. The predicted octanol–water partition coefficient (Wildman–Crippen LogP) is 3.08. The second-order valence-corrected chi connectivity index (χ2v) is 4.54. The number of rotatable bonds is 7. The largest absolute Gasteiger partial charge is 0.487 e. The molecule has 0 saturated heterocycles. The Morgan fingerprint density at radius 3 is 2.84 bits per heavy atom. The van der Waals surface area contributed by atoms with Gasteiger partial charge in [-0.05, 0) is 25.5 Å². The number of benzene rings is 1. The van der Waals surface area contributed by atoms with E-state index in [0.717, 1.165) is 0 Å². The van der Waals surface area contributed by atoms with Crippen molar-refractivity contribution in [2.75, 3.05) is 13.2 Å². The lowest BCUT2D eigenvalue weighted by molar-refractivity contribution is -0.385. The first-order valence-electron chi connectivity index (χ1n) is 5.77. The minimum Gasteiger partial charge on any atom is -0.487 e. The molecular formula is C12H14BrNO5. The Labute approximate surface area is 119 Å². The molecule has 0 spiro atoms. The highest BCUT2D eigenvalue weighted by Crippen LogP contribution is 2.30. The van der Waals surface area contributed by atoms with E-state index in [0.29, 0.717) is 17.5 Å². The molecule has 0 aromatic heterocycles. The van der Waals surface area contributed by atoms with Crippen LogP contribution in [0.25, 0.3) is 0 Å². The molecule has 0 fully saturated rings. The van der Waals surface area contributed by atoms with E-state index in [1.165, 1.54) is 12.1 Å². The number of nitrogens with zero attached hydrogens (tertiary/aromatic N) is 1. The number of carbonyl (C=O) groups is 1. The number of nitro benzene ring substituents is 1. The molecule has 0 saturated carbocycles. The van der Waals surface area contributed by atoms with Crippen LogP contribution in [0.1, 0.15) is 19.8 Å². The zero-order chi connectivity index (χ0) is 14.3. The SMILES string of the molecule is CCOC(=O)CCCOc1ccc(Br)cc1[N+](=O)[O-]. The third-order valence-corrected chi connectivity index (χ3v) is 2.70. The summed E-state index contributed by atoms with van der Waals surface area (Å²) in [5, 5.41) is 10.8. The Morgan fingerprint density at radius 2 is 2.21 bits per heavy atom. The second-order valence-electron chi connectivity index (χ2n) is 3.63. The van der Waals surface area contributed by atoms with Gasteiger partial charge in [0.1, 0.15) is 0 Å². The van der Waals surface area contributed by atoms with Gasteiger partial charge in [-0.3, -0.25) is 14.9 Å². The molecule has 104 valence electrons. The normalized spacial score (nSPS) is 10.0. The molecule has 0 amide bonds. The average molecular weight is 332 g/mol. The zero-order valence-electron chi connectivity index (χ0n) is 10.4. The van der Waals surface area contributed by atoms with Gasteiger partial charge < -0.3 is 9.47 Å². The van der Waals surface area contributed by atoms with Crippen molar-refractivity contribution in [1.29, 1.82) is 0 Å². The first-order chi connectivity index (χ1) is 9.04. The van der Waals surface area contributed by atoms with E-state index in [9.17, 15) is 14.9 Å². The second kappa shape index (κ2) is 7.73. The van der Waals surface area contributed by atoms with E-state index in [2.05, 4.69) is 15.9 Å². The highest BCUT2D eigenvalue weighted by molar-refractivity contribution is 9.10. The Kier molecular flexibility index (Phi) is 6.27. The summed E-state index contributed by atoms with van der Waals surface area (Å²) in [5.41, 5.74) is -0.106. The maximum atomic E-state index is 11.1. The van der Waals surface area contributed by atoms with E-state index in [4.69, 9.17) is 9.47 Å². The van der Waals surface area contributed by atoms with Crippen molar-refractivity contribution in [3.05, 3.63) is 32.8 Å². The van der Waals surface area contributed by atoms with Gasteiger partial charge in [0, 0.05) is 17.0 Å². The molecule has 1 rings (SSSR count). The number of esters is 1. The van der Waals surface area contributed by atoms with Crippen molar-refractivity contribution in [1.82, 2.24) is 0 Å². The molecule has 0 aliphatic rings. The average Bonchev–Trinajstić information content (AvgIpc) is 2.36. The standard InChI is InChI=1S/C12H14BrNO5/c1-2-18-12(15)4-3-7-19-11-6-5-9(13)8-10(11)14(16)17/h5-6,8H,2-4,7H2,1H3. The molecule has 6 nitrogen and oxygen atoms in total. The van der Waals surface area contributed by atoms with Gasteiger partial charge in [-0.1, -0.05) is 15.9 Å². The number of halogens is 1. The van der Waals surface area contributed by atoms with Crippen molar-refractivity contribution >= 4 is 27.6 Å². The lowest BCUT2D eigenvalue weighted by Gasteiger charge is -2.06. The zero-order valence-corrected chi connectivity index (χ0v) is 12.0. The molecule has 0 N–H and O–H groups in total. The summed E-state index contributed by atoms with van der Waals surface area (Å²) in [7, 11) is 0. The van der Waals surface area contributed by atoms with Crippen LogP contribution in [-0.2, 0) is 9.53 Å². The maximum Gasteiger partial charge on any atom is 0.312 e. The first kappa shape index (κ1) is 15.4. The number of nitro groups is 1. The fourth-order valence-electron chi connectivity index (χ4n) is 1.39. The van der Waals surface area contributed by atoms with Crippen LogP contribution in [0, 0.1) is 10.1 Å². The van der Waals surface area contributed by atoms with Crippen molar-refractivity contribution in [2.24, 2.45) is 0 Å². The predicted molar refractivity (Wildman–Crippen MR) is 72.2 cm³/mol. The molecule has 7 heteroatoms. The van der Waals surface area contributed by atoms with Crippen LogP contribution < -0.4 is 4.74 Å². The highest BCUT2D eigenvalue weighted by Gasteiger charge is 2.15. The molecule has 0 bridgehead atoms. The summed E-state index contributed by atoms with van der Waals surface area (Å²) in [4.78, 5) is 21.4. The van der Waals surface area contributed by atoms with E-state index >= 15 is 0 Å². The minimum atomic E-state index is -0.508. The van der Waals surface area contributed by atoms with Crippen LogP contribution in [0.15, 0.2) is 22.7 Å². The number of ether oxygens (including phenoxy) is 2. The van der Waals surface area contributed by atoms with E-state index in [-0.39, 0.29) is 30.4 Å². The van der Waals surface area contributed by atoms with Gasteiger partial charge >= 0.3 is 11.7 Å². The van der Waals surface area contributed by atoms with E-state index in [1.54, 1.807) is 13.0 Å². The fourth-order valence-corrected chi connectivity index (χ4v) is 1.74. The monoisotopic (exact) mass is 331 g/mol. The minimum absolute atomic E-state index is 0.106. The summed E-state index contributed by atoms with van der Waals surface area (Å²) in [6, 6.07) is 4.56. The van der Waals surface area contributed by atoms with Gasteiger partial charge in [0.2, 0.25) is 0 Å². The van der Waals surface area contributed by atoms with Crippen molar-refractivity contribution < 1.29 is 19.2 Å². The van der Waals surface area contributed by atoms with E-state index < -0.39 is 4.92 Å². The molecule has 1 aromatic rings. The van der Waals surface area contributed by atoms with Crippen LogP contribution in [0.4, 0.5) is 5.69 Å². The van der Waals surface area contributed by atoms with E-state index in [1.807, 2.05) is 0 Å². The maximum absolute atomic E-state index is 11.1. The summed E-state index contributed by atoms with van der Waals surface area (Å²) < 4.78 is 10.7. The summed E-state index contributed by atoms with van der Waals surface area (Å²) in [6.45, 7) is 2.30. The smallest absolute Gasteiger partial charge is 0.312 e. The third-order valence-electron chi connectivity index (χ3n) is 2.21. The summed E-state index contributed by atoms with van der Waals surface area (Å²) >= 11 is 3.16. The van der Waals surface area contributed by atoms with Crippen LogP contribution in [0.3, 0.4) is 0 Å². The van der Waals surface area contributed by atoms with Gasteiger partial charge in [-0.25, -0.2) is 0 Å². The first-order valence-corrected chi connectivity index (χ1v) is 6.56. The van der Waals surface area contributed by atoms with Crippen molar-refractivity contribution in [3.8, 4) is 5.75 Å². The van der Waals surface area contributed by atoms with Gasteiger partial charge in [0.15, 0.2) is 5.75 Å². The van der Waals surface area contributed by atoms with Crippen molar-refractivity contribution in [3.63, 3.8) is 0 Å². The van der Waals surface area contributed by atoms with Gasteiger partial charge in [0.25, 0.3) is 0 Å². The van der Waals surface area contributed by atoms with Crippen molar-refractivity contribution in [2.45, 2.75) is 19.8 Å². The van der Waals surface area contributed by atoms with Gasteiger partial charge in [0.05, 0.1) is 18.1 Å². The Hall–Kier alpha value is -1.63. The molecule has 0 aliphatic carbocycles. The van der Waals surface area contributed by atoms with Crippen LogP contribution >= 0.6 is 15.9 Å². The van der Waals surface area contributed by atoms with Crippen LogP contribution in [0.2, 0.25) is 0 Å². The Bertz CT molecular complexity index is 463. The molecule has 0 radical (unpaired) electrons. The van der Waals surface area contributed by atoms with Crippen LogP contribution in [-0.4, -0.2) is 24.1 Å². The molecule has 0 aliphatic heterocycles. The molecule has 0 unspecified atom stereocenters. The summed E-state index contributed by atoms with van der Waals surface area (Å²) in [5.74, 6) is -0.103. The third kappa shape index (κ3) is 5.25. The lowest BCUT2D eigenvalue weighted by atomic mass is 10.3.